The van der Waals surface area contributed by atoms with Gasteiger partial charge in [0.1, 0.15) is 0 Å². The molecule has 1 saturated carbocycles. The topological polar surface area (TPSA) is 58.4 Å². The van der Waals surface area contributed by atoms with Crippen LogP contribution in [0.25, 0.3) is 0 Å². The van der Waals surface area contributed by atoms with Crippen molar-refractivity contribution in [2.24, 2.45) is 11.7 Å². The van der Waals surface area contributed by atoms with Crippen LogP contribution in [0.1, 0.15) is 58.8 Å². The number of hydrogen-bond donors (Lipinski definition) is 2. The van der Waals surface area contributed by atoms with Crippen LogP contribution in [-0.4, -0.2) is 42.0 Å². The van der Waals surface area contributed by atoms with E-state index in [-0.39, 0.29) is 11.9 Å². The fourth-order valence-corrected chi connectivity index (χ4v) is 3.66. The average molecular weight is 281 g/mol. The lowest BCUT2D eigenvalue weighted by Gasteiger charge is -2.35. The normalized spacial score (nSPS) is 28.9. The molecule has 2 aliphatic rings. The predicted molar refractivity (Wildman–Crippen MR) is 82.4 cm³/mol. The summed E-state index contributed by atoms with van der Waals surface area (Å²) >= 11 is 0. The van der Waals surface area contributed by atoms with Crippen molar-refractivity contribution in [1.29, 1.82) is 0 Å². The third-order valence-electron chi connectivity index (χ3n) is 4.85. The highest BCUT2D eigenvalue weighted by atomic mass is 16.2. The summed E-state index contributed by atoms with van der Waals surface area (Å²) in [5.41, 5.74) is 5.67. The number of carbonyl (C=O) groups excluding carboxylic acids is 1. The Hall–Kier alpha value is -0.610. The van der Waals surface area contributed by atoms with E-state index in [2.05, 4.69) is 24.1 Å². The summed E-state index contributed by atoms with van der Waals surface area (Å²) < 4.78 is 0. The predicted octanol–water partition coefficient (Wildman–Crippen LogP) is 1.88. The Bertz CT molecular complexity index is 326. The van der Waals surface area contributed by atoms with Crippen LogP contribution < -0.4 is 11.1 Å². The lowest BCUT2D eigenvalue weighted by atomic mass is 9.82. The molecule has 2 atom stereocenters. The molecule has 4 heteroatoms. The third kappa shape index (κ3) is 4.19. The molecule has 2 fully saturated rings. The molecule has 3 N–H and O–H groups in total. The van der Waals surface area contributed by atoms with Crippen LogP contribution in [0.5, 0.6) is 0 Å². The van der Waals surface area contributed by atoms with Crippen molar-refractivity contribution < 1.29 is 4.79 Å². The molecule has 2 unspecified atom stereocenters. The number of nitrogens with one attached hydrogen (secondary N) is 1. The van der Waals surface area contributed by atoms with E-state index < -0.39 is 5.54 Å². The Morgan fingerprint density at radius 2 is 2.05 bits per heavy atom. The molecule has 1 amide bonds. The van der Waals surface area contributed by atoms with Crippen molar-refractivity contribution >= 4 is 5.91 Å². The average Bonchev–Trinajstić information content (AvgIpc) is 2.39. The quantitative estimate of drug-likeness (QED) is 0.827. The molecule has 0 radical (unpaired) electrons. The molecule has 20 heavy (non-hydrogen) atoms. The van der Waals surface area contributed by atoms with Gasteiger partial charge in [-0.15, -0.1) is 0 Å². The molecular formula is C16H31N3O. The van der Waals surface area contributed by atoms with Gasteiger partial charge in [0.2, 0.25) is 5.91 Å². The van der Waals surface area contributed by atoms with E-state index in [4.69, 9.17) is 5.73 Å². The number of piperidine rings is 1. The van der Waals surface area contributed by atoms with Crippen LogP contribution in [0.3, 0.4) is 0 Å². The molecule has 0 spiro atoms. The van der Waals surface area contributed by atoms with Gasteiger partial charge in [-0.3, -0.25) is 4.79 Å². The number of likely N-dealkylation sites (tertiary alicyclic amines) is 1. The van der Waals surface area contributed by atoms with E-state index in [1.807, 2.05) is 0 Å². The van der Waals surface area contributed by atoms with Gasteiger partial charge in [-0.1, -0.05) is 26.2 Å². The van der Waals surface area contributed by atoms with Gasteiger partial charge in [0, 0.05) is 19.1 Å². The second-order valence-corrected chi connectivity index (χ2v) is 7.10. The van der Waals surface area contributed by atoms with Gasteiger partial charge in [-0.2, -0.15) is 0 Å². The van der Waals surface area contributed by atoms with Crippen molar-refractivity contribution in [3.05, 3.63) is 0 Å². The summed E-state index contributed by atoms with van der Waals surface area (Å²) in [6.07, 6.45) is 7.68. The molecule has 1 aliphatic carbocycles. The van der Waals surface area contributed by atoms with Gasteiger partial charge in [-0.25, -0.2) is 0 Å². The smallest absolute Gasteiger partial charge is 0.240 e. The van der Waals surface area contributed by atoms with Gasteiger partial charge in [0.15, 0.2) is 0 Å². The Labute approximate surface area is 123 Å². The van der Waals surface area contributed by atoms with E-state index in [1.165, 1.54) is 19.3 Å². The Balaban J connectivity index is 1.78. The summed E-state index contributed by atoms with van der Waals surface area (Å²) in [6, 6.07) is 0.190. The molecule has 116 valence electrons. The largest absolute Gasteiger partial charge is 0.351 e. The Morgan fingerprint density at radius 1 is 1.35 bits per heavy atom. The van der Waals surface area contributed by atoms with E-state index in [0.29, 0.717) is 0 Å². The zero-order valence-electron chi connectivity index (χ0n) is 13.2. The summed E-state index contributed by atoms with van der Waals surface area (Å²) in [5.74, 6) is 0.848. The van der Waals surface area contributed by atoms with Gasteiger partial charge in [0.05, 0.1) is 5.54 Å². The second kappa shape index (κ2) is 6.90. The first-order valence-corrected chi connectivity index (χ1v) is 8.32. The second-order valence-electron chi connectivity index (χ2n) is 7.10. The number of rotatable bonds is 4. The molecule has 4 nitrogen and oxygen atoms in total. The lowest BCUT2D eigenvalue weighted by molar-refractivity contribution is -0.128. The maximum absolute atomic E-state index is 12.4. The molecule has 2 rings (SSSR count). The molecule has 0 aromatic carbocycles. The molecule has 1 heterocycles. The summed E-state index contributed by atoms with van der Waals surface area (Å²) in [5, 5.41) is 3.15. The minimum Gasteiger partial charge on any atom is -0.351 e. The first-order chi connectivity index (χ1) is 9.49. The van der Waals surface area contributed by atoms with Gasteiger partial charge < -0.3 is 16.0 Å². The SMILES string of the molecule is CC1CCCN(CC(C)NC(=O)C2(N)CCCCC2)C1. The van der Waals surface area contributed by atoms with Gasteiger partial charge in [-0.05, 0) is 45.1 Å². The van der Waals surface area contributed by atoms with Crippen LogP contribution in [0.2, 0.25) is 0 Å². The first-order valence-electron chi connectivity index (χ1n) is 8.32. The van der Waals surface area contributed by atoms with Crippen molar-refractivity contribution in [3.63, 3.8) is 0 Å². The van der Waals surface area contributed by atoms with Crippen LogP contribution in [0, 0.1) is 5.92 Å². The van der Waals surface area contributed by atoms with E-state index in [9.17, 15) is 4.79 Å². The summed E-state index contributed by atoms with van der Waals surface area (Å²) in [6.45, 7) is 7.69. The molecule has 1 aliphatic heterocycles. The summed E-state index contributed by atoms with van der Waals surface area (Å²) in [7, 11) is 0. The lowest BCUT2D eigenvalue weighted by Crippen LogP contribution is -2.58. The standard InChI is InChI=1S/C16H31N3O/c1-13-7-6-10-19(11-13)12-14(2)18-15(20)16(17)8-4-3-5-9-16/h13-14H,3-12,17H2,1-2H3,(H,18,20). The van der Waals surface area contributed by atoms with Crippen LogP contribution in [-0.2, 0) is 4.79 Å². The van der Waals surface area contributed by atoms with E-state index >= 15 is 0 Å². The Kier molecular flexibility index (Phi) is 5.44. The number of nitrogens with zero attached hydrogens (tertiary/aromatic N) is 1. The fourth-order valence-electron chi connectivity index (χ4n) is 3.66. The monoisotopic (exact) mass is 281 g/mol. The van der Waals surface area contributed by atoms with E-state index in [0.717, 1.165) is 51.2 Å². The molecule has 0 bridgehead atoms. The maximum atomic E-state index is 12.4. The molecule has 1 saturated heterocycles. The zero-order valence-corrected chi connectivity index (χ0v) is 13.2. The first kappa shape index (κ1) is 15.8. The molecule has 0 aromatic heterocycles. The number of amides is 1. The minimum absolute atomic E-state index is 0.0646. The molecule has 0 aromatic rings. The van der Waals surface area contributed by atoms with Crippen molar-refractivity contribution in [3.8, 4) is 0 Å². The van der Waals surface area contributed by atoms with Gasteiger partial charge >= 0.3 is 0 Å². The van der Waals surface area contributed by atoms with E-state index in [1.54, 1.807) is 0 Å². The summed E-state index contributed by atoms with van der Waals surface area (Å²) in [4.78, 5) is 14.9. The van der Waals surface area contributed by atoms with Crippen molar-refractivity contribution in [1.82, 2.24) is 10.2 Å². The Morgan fingerprint density at radius 3 is 2.70 bits per heavy atom. The highest BCUT2D eigenvalue weighted by Crippen LogP contribution is 2.26. The van der Waals surface area contributed by atoms with Crippen LogP contribution in [0.4, 0.5) is 0 Å². The number of nitrogens with two attached hydrogens (primary N) is 1. The number of carbonyl (C=O) groups is 1. The van der Waals surface area contributed by atoms with Gasteiger partial charge in [0.25, 0.3) is 0 Å². The van der Waals surface area contributed by atoms with Crippen LogP contribution in [0.15, 0.2) is 0 Å². The fraction of sp³-hybridized carbons (Fsp3) is 0.938. The van der Waals surface area contributed by atoms with Crippen LogP contribution >= 0.6 is 0 Å². The molecular weight excluding hydrogens is 250 g/mol. The highest BCUT2D eigenvalue weighted by Gasteiger charge is 2.35. The third-order valence-corrected chi connectivity index (χ3v) is 4.85. The van der Waals surface area contributed by atoms with Crippen molar-refractivity contribution in [2.75, 3.05) is 19.6 Å². The minimum atomic E-state index is -0.609. The number of hydrogen-bond acceptors (Lipinski definition) is 3. The maximum Gasteiger partial charge on any atom is 0.240 e. The zero-order chi connectivity index (χ0) is 14.6. The van der Waals surface area contributed by atoms with Crippen molar-refractivity contribution in [2.45, 2.75) is 70.4 Å². The highest BCUT2D eigenvalue weighted by molar-refractivity contribution is 5.86.